The third-order valence-corrected chi connectivity index (χ3v) is 2.40. The van der Waals surface area contributed by atoms with Crippen LogP contribution in [0, 0.1) is 12.3 Å². The second kappa shape index (κ2) is 3.59. The molecule has 0 saturated carbocycles. The van der Waals surface area contributed by atoms with Gasteiger partial charge in [0, 0.05) is 29.2 Å². The smallest absolute Gasteiger partial charge is 0.0481 e. The van der Waals surface area contributed by atoms with Crippen LogP contribution >= 0.6 is 0 Å². The van der Waals surface area contributed by atoms with Gasteiger partial charge in [-0.25, -0.2) is 0 Å². The molecule has 0 saturated heterocycles. The summed E-state index contributed by atoms with van der Waals surface area (Å²) in [5.41, 5.74) is 2.22. The molecule has 0 spiro atoms. The van der Waals surface area contributed by atoms with E-state index in [1.54, 1.807) is 0 Å². The highest BCUT2D eigenvalue weighted by molar-refractivity contribution is 5.81. The maximum atomic E-state index is 5.35. The summed E-state index contributed by atoms with van der Waals surface area (Å²) in [6, 6.07) is 8.27. The van der Waals surface area contributed by atoms with Gasteiger partial charge in [0.15, 0.2) is 0 Å². The van der Waals surface area contributed by atoms with Gasteiger partial charge in [-0.3, -0.25) is 0 Å². The Bertz CT molecular complexity index is 485. The minimum Gasteiger partial charge on any atom is -0.347 e. The van der Waals surface area contributed by atoms with Crippen molar-refractivity contribution in [3.8, 4) is 12.3 Å². The van der Waals surface area contributed by atoms with Crippen molar-refractivity contribution < 1.29 is 0 Å². The van der Waals surface area contributed by atoms with E-state index in [-0.39, 0.29) is 0 Å². The van der Waals surface area contributed by atoms with Crippen LogP contribution in [0.3, 0.4) is 0 Å². The molecule has 14 heavy (non-hydrogen) atoms. The highest BCUT2D eigenvalue weighted by Gasteiger charge is 1.99. The number of hydrogen-bond acceptors (Lipinski definition) is 0. The molecule has 1 heterocycles. The molecule has 1 aromatic carbocycles. The molecule has 0 bridgehead atoms. The van der Waals surface area contributed by atoms with E-state index in [4.69, 9.17) is 6.42 Å². The zero-order valence-corrected chi connectivity index (χ0v) is 8.33. The quantitative estimate of drug-likeness (QED) is 0.631. The van der Waals surface area contributed by atoms with Crippen LogP contribution in [-0.2, 0) is 6.54 Å². The molecule has 0 aliphatic heterocycles. The van der Waals surface area contributed by atoms with Crippen LogP contribution < -0.4 is 0 Å². The summed E-state index contributed by atoms with van der Waals surface area (Å²) in [5.74, 6) is 2.65. The molecule has 1 nitrogen and oxygen atoms in total. The Morgan fingerprint density at radius 2 is 2.21 bits per heavy atom. The molecule has 1 heteroatoms. The first-order chi connectivity index (χ1) is 6.85. The van der Waals surface area contributed by atoms with Gasteiger partial charge in [-0.05, 0) is 30.7 Å². The van der Waals surface area contributed by atoms with E-state index in [2.05, 4.69) is 41.8 Å². The van der Waals surface area contributed by atoms with Gasteiger partial charge in [-0.15, -0.1) is 6.42 Å². The number of terminal acetylenes is 1. The van der Waals surface area contributed by atoms with Crippen LogP contribution in [0.25, 0.3) is 10.9 Å². The number of nitrogens with zero attached hydrogens (tertiary/aromatic N) is 1. The summed E-state index contributed by atoms with van der Waals surface area (Å²) in [6.07, 6.45) is 8.62. The zero-order valence-electron chi connectivity index (χ0n) is 8.33. The van der Waals surface area contributed by atoms with Crippen molar-refractivity contribution in [3.63, 3.8) is 0 Å². The lowest BCUT2D eigenvalue weighted by Crippen LogP contribution is -1.93. The second-order valence-electron chi connectivity index (χ2n) is 3.43. The molecule has 0 aliphatic rings. The van der Waals surface area contributed by atoms with Crippen molar-refractivity contribution in [2.45, 2.75) is 19.9 Å². The Hall–Kier alpha value is -1.68. The van der Waals surface area contributed by atoms with Gasteiger partial charge in [0.2, 0.25) is 0 Å². The van der Waals surface area contributed by atoms with Gasteiger partial charge in [-0.1, -0.05) is 12.8 Å². The van der Waals surface area contributed by atoms with Crippen LogP contribution in [0.2, 0.25) is 0 Å². The molecular weight excluding hydrogens is 170 g/mol. The van der Waals surface area contributed by atoms with Crippen molar-refractivity contribution in [3.05, 3.63) is 36.0 Å². The largest absolute Gasteiger partial charge is 0.347 e. The van der Waals surface area contributed by atoms with E-state index >= 15 is 0 Å². The van der Waals surface area contributed by atoms with Gasteiger partial charge < -0.3 is 4.57 Å². The summed E-state index contributed by atoms with van der Waals surface area (Å²) in [4.78, 5) is 0. The third-order valence-electron chi connectivity index (χ3n) is 2.40. The fraction of sp³-hybridized carbons (Fsp3) is 0.231. The monoisotopic (exact) mass is 183 g/mol. The molecule has 0 aliphatic carbocycles. The van der Waals surface area contributed by atoms with Crippen molar-refractivity contribution >= 4 is 10.9 Å². The highest BCUT2D eigenvalue weighted by Crippen LogP contribution is 2.17. The first-order valence-corrected chi connectivity index (χ1v) is 4.90. The van der Waals surface area contributed by atoms with E-state index in [9.17, 15) is 0 Å². The first kappa shape index (κ1) is 8.90. The summed E-state index contributed by atoms with van der Waals surface area (Å²) < 4.78 is 2.26. The lowest BCUT2D eigenvalue weighted by atomic mass is 10.2. The van der Waals surface area contributed by atoms with Gasteiger partial charge >= 0.3 is 0 Å². The van der Waals surface area contributed by atoms with Gasteiger partial charge in [0.05, 0.1) is 0 Å². The van der Waals surface area contributed by atoms with Gasteiger partial charge in [0.25, 0.3) is 0 Å². The van der Waals surface area contributed by atoms with Crippen LogP contribution in [0.15, 0.2) is 30.5 Å². The minimum atomic E-state index is 0.951. The average Bonchev–Trinajstić information content (AvgIpc) is 2.61. The van der Waals surface area contributed by atoms with Crippen molar-refractivity contribution in [2.75, 3.05) is 0 Å². The van der Waals surface area contributed by atoms with E-state index in [1.165, 1.54) is 10.9 Å². The summed E-state index contributed by atoms with van der Waals surface area (Å²) in [6.45, 7) is 3.25. The SMILES string of the molecule is C#Cc1ccc2c(ccn2CCC)c1. The normalized spacial score (nSPS) is 10.3. The number of hydrogen-bond donors (Lipinski definition) is 0. The molecule has 1 aromatic heterocycles. The number of rotatable bonds is 2. The lowest BCUT2D eigenvalue weighted by Gasteiger charge is -2.02. The van der Waals surface area contributed by atoms with Crippen LogP contribution in [-0.4, -0.2) is 4.57 Å². The van der Waals surface area contributed by atoms with E-state index in [0.717, 1.165) is 18.5 Å². The van der Waals surface area contributed by atoms with Crippen LogP contribution in [0.1, 0.15) is 18.9 Å². The molecule has 0 radical (unpaired) electrons. The number of aromatic nitrogens is 1. The Morgan fingerprint density at radius 1 is 1.36 bits per heavy atom. The zero-order chi connectivity index (χ0) is 9.97. The minimum absolute atomic E-state index is 0.951. The fourth-order valence-corrected chi connectivity index (χ4v) is 1.73. The predicted molar refractivity (Wildman–Crippen MR) is 60.2 cm³/mol. The topological polar surface area (TPSA) is 4.93 Å². The standard InChI is InChI=1S/C13H13N/c1-3-8-14-9-7-12-10-11(4-2)5-6-13(12)14/h2,5-7,9-10H,3,8H2,1H3. The van der Waals surface area contributed by atoms with E-state index in [1.807, 2.05) is 6.07 Å². The Labute approximate surface area is 84.4 Å². The summed E-state index contributed by atoms with van der Waals surface area (Å²) in [5, 5.41) is 1.23. The molecule has 70 valence electrons. The van der Waals surface area contributed by atoms with Gasteiger partial charge in [-0.2, -0.15) is 0 Å². The maximum Gasteiger partial charge on any atom is 0.0481 e. The molecule has 2 rings (SSSR count). The molecule has 0 unspecified atom stereocenters. The molecular formula is C13H13N. The molecule has 2 aromatic rings. The van der Waals surface area contributed by atoms with Crippen LogP contribution in [0.5, 0.6) is 0 Å². The molecule has 0 N–H and O–H groups in total. The maximum absolute atomic E-state index is 5.35. The Kier molecular flexibility index (Phi) is 2.28. The van der Waals surface area contributed by atoms with Crippen LogP contribution in [0.4, 0.5) is 0 Å². The van der Waals surface area contributed by atoms with E-state index in [0.29, 0.717) is 0 Å². The molecule has 0 fully saturated rings. The second-order valence-corrected chi connectivity index (χ2v) is 3.43. The van der Waals surface area contributed by atoms with E-state index < -0.39 is 0 Å². The number of fused-ring (bicyclic) bond motifs is 1. The Balaban J connectivity index is 2.55. The first-order valence-electron chi connectivity index (χ1n) is 4.90. The number of aryl methyl sites for hydroxylation is 1. The molecule has 0 atom stereocenters. The van der Waals surface area contributed by atoms with Crippen molar-refractivity contribution in [2.24, 2.45) is 0 Å². The fourth-order valence-electron chi connectivity index (χ4n) is 1.73. The number of benzene rings is 1. The predicted octanol–water partition coefficient (Wildman–Crippen LogP) is 3.03. The van der Waals surface area contributed by atoms with Gasteiger partial charge in [0.1, 0.15) is 0 Å². The lowest BCUT2D eigenvalue weighted by molar-refractivity contribution is 0.703. The van der Waals surface area contributed by atoms with Crippen molar-refractivity contribution in [1.82, 2.24) is 4.57 Å². The summed E-state index contributed by atoms with van der Waals surface area (Å²) >= 11 is 0. The average molecular weight is 183 g/mol. The third kappa shape index (κ3) is 1.40. The summed E-state index contributed by atoms with van der Waals surface area (Å²) in [7, 11) is 0. The highest BCUT2D eigenvalue weighted by atomic mass is 14.9. The van der Waals surface area contributed by atoms with Crippen molar-refractivity contribution in [1.29, 1.82) is 0 Å². The Morgan fingerprint density at radius 3 is 2.93 bits per heavy atom. The molecule has 0 amide bonds.